The first-order valence-electron chi connectivity index (χ1n) is 15.3. The van der Waals surface area contributed by atoms with Gasteiger partial charge in [0.1, 0.15) is 44.3 Å². The highest BCUT2D eigenvalue weighted by Gasteiger charge is 2.42. The maximum Gasteiger partial charge on any atom is 0.321 e. The van der Waals surface area contributed by atoms with Crippen LogP contribution >= 0.6 is 0 Å². The fourth-order valence-corrected chi connectivity index (χ4v) is 6.08. The van der Waals surface area contributed by atoms with Gasteiger partial charge in [0.25, 0.3) is 0 Å². The highest BCUT2D eigenvalue weighted by molar-refractivity contribution is 5.74. The summed E-state index contributed by atoms with van der Waals surface area (Å²) in [5, 5.41) is 29.5. The standard InChI is InChI=1S/C36H34FN3O7/c1-21-26(4-3-5-28(21)25-6-7-31-34(12-25)45-9-8-44-31)20-47-33-13-32(46-19-24-10-23(14-38)15-39-16-24)27(11-29(33)37)17-40-18-30(41)22(2)35(40)36(42)43/h3-7,10-13,15-16,22,30,35,41H,8-9,17-20H2,1-2H3,(H,42,43)/t22-,30?,35-/m0/s1. The summed E-state index contributed by atoms with van der Waals surface area (Å²) >= 11 is 0. The zero-order valence-electron chi connectivity index (χ0n) is 26.0. The molecule has 47 heavy (non-hydrogen) atoms. The number of rotatable bonds is 10. The zero-order valence-corrected chi connectivity index (χ0v) is 26.0. The first-order valence-corrected chi connectivity index (χ1v) is 15.3. The number of carboxylic acids is 1. The molecule has 0 spiro atoms. The molecule has 3 heterocycles. The summed E-state index contributed by atoms with van der Waals surface area (Å²) < 4.78 is 39.2. The van der Waals surface area contributed by atoms with Gasteiger partial charge in [0.05, 0.1) is 11.7 Å². The Morgan fingerprint density at radius 2 is 1.83 bits per heavy atom. The average Bonchev–Trinajstić information content (AvgIpc) is 3.36. The molecule has 0 bridgehead atoms. The van der Waals surface area contributed by atoms with E-state index in [1.807, 2.05) is 49.4 Å². The van der Waals surface area contributed by atoms with Crippen LogP contribution in [0.2, 0.25) is 0 Å². The molecule has 4 aromatic rings. The molecule has 0 aliphatic carbocycles. The van der Waals surface area contributed by atoms with Crippen LogP contribution in [0.25, 0.3) is 11.1 Å². The van der Waals surface area contributed by atoms with Gasteiger partial charge in [0, 0.05) is 48.6 Å². The number of β-amino-alcohol motifs (C(OH)–C–C–N with tert-alkyl or cyclic N) is 1. The van der Waals surface area contributed by atoms with Crippen molar-refractivity contribution in [3.05, 3.63) is 101 Å². The number of aliphatic hydroxyl groups excluding tert-OH is 1. The number of likely N-dealkylation sites (tertiary alicyclic amines) is 1. The van der Waals surface area contributed by atoms with E-state index >= 15 is 4.39 Å². The third-order valence-electron chi connectivity index (χ3n) is 8.66. The van der Waals surface area contributed by atoms with Gasteiger partial charge in [-0.3, -0.25) is 14.7 Å². The lowest BCUT2D eigenvalue weighted by atomic mass is 9.96. The number of carbonyl (C=O) groups is 1. The molecule has 1 aromatic heterocycles. The third kappa shape index (κ3) is 6.84. The van der Waals surface area contributed by atoms with Crippen molar-refractivity contribution in [1.29, 1.82) is 5.26 Å². The summed E-state index contributed by atoms with van der Waals surface area (Å²) in [5.74, 6) is -0.578. The summed E-state index contributed by atoms with van der Waals surface area (Å²) in [5.41, 5.74) is 5.14. The summed E-state index contributed by atoms with van der Waals surface area (Å²) in [6.07, 6.45) is 2.17. The summed E-state index contributed by atoms with van der Waals surface area (Å²) in [6, 6.07) is 17.1. The van der Waals surface area contributed by atoms with Gasteiger partial charge in [0.15, 0.2) is 23.1 Å². The van der Waals surface area contributed by atoms with E-state index in [4.69, 9.17) is 18.9 Å². The predicted molar refractivity (Wildman–Crippen MR) is 169 cm³/mol. The molecule has 6 rings (SSSR count). The molecule has 11 heteroatoms. The molecule has 0 saturated carbocycles. The number of benzene rings is 3. The van der Waals surface area contributed by atoms with Gasteiger partial charge in [-0.15, -0.1) is 0 Å². The van der Waals surface area contributed by atoms with Gasteiger partial charge >= 0.3 is 5.97 Å². The molecule has 3 aromatic carbocycles. The number of nitrogens with zero attached hydrogens (tertiary/aromatic N) is 3. The summed E-state index contributed by atoms with van der Waals surface area (Å²) in [7, 11) is 0. The second kappa shape index (κ2) is 13.7. The fourth-order valence-electron chi connectivity index (χ4n) is 6.08. The van der Waals surface area contributed by atoms with Crippen LogP contribution < -0.4 is 18.9 Å². The first kappa shape index (κ1) is 31.8. The number of carboxylic acid groups (broad SMARTS) is 1. The number of pyridine rings is 1. The Morgan fingerprint density at radius 1 is 1.04 bits per heavy atom. The van der Waals surface area contributed by atoms with Crippen molar-refractivity contribution in [2.75, 3.05) is 19.8 Å². The highest BCUT2D eigenvalue weighted by Crippen LogP contribution is 2.37. The van der Waals surface area contributed by atoms with Crippen LogP contribution in [0.4, 0.5) is 4.39 Å². The van der Waals surface area contributed by atoms with E-state index in [0.717, 1.165) is 22.3 Å². The van der Waals surface area contributed by atoms with Crippen molar-refractivity contribution in [1.82, 2.24) is 9.88 Å². The van der Waals surface area contributed by atoms with Gasteiger partial charge in [0.2, 0.25) is 0 Å². The second-order valence-corrected chi connectivity index (χ2v) is 11.7. The number of fused-ring (bicyclic) bond motifs is 1. The van der Waals surface area contributed by atoms with Crippen molar-refractivity contribution < 1.29 is 38.3 Å². The molecule has 1 fully saturated rings. The predicted octanol–water partition coefficient (Wildman–Crippen LogP) is 5.26. The largest absolute Gasteiger partial charge is 0.488 e. The van der Waals surface area contributed by atoms with Crippen LogP contribution in [0, 0.1) is 30.0 Å². The lowest BCUT2D eigenvalue weighted by Gasteiger charge is -2.24. The minimum absolute atomic E-state index is 0.0259. The third-order valence-corrected chi connectivity index (χ3v) is 8.66. The first-order chi connectivity index (χ1) is 22.7. The van der Waals surface area contributed by atoms with Crippen LogP contribution in [0.15, 0.2) is 67.0 Å². The van der Waals surface area contributed by atoms with Crippen LogP contribution in [-0.4, -0.2) is 58.0 Å². The van der Waals surface area contributed by atoms with Gasteiger partial charge in [-0.25, -0.2) is 4.39 Å². The number of halogens is 1. The molecule has 2 aliphatic rings. The number of nitriles is 1. The smallest absolute Gasteiger partial charge is 0.321 e. The maximum absolute atomic E-state index is 15.6. The van der Waals surface area contributed by atoms with Gasteiger partial charge in [-0.1, -0.05) is 31.2 Å². The molecule has 10 nitrogen and oxygen atoms in total. The molecule has 0 amide bonds. The Balaban J connectivity index is 1.26. The number of hydrogen-bond acceptors (Lipinski definition) is 9. The van der Waals surface area contributed by atoms with E-state index in [-0.39, 0.29) is 37.8 Å². The van der Waals surface area contributed by atoms with Gasteiger partial charge in [-0.2, -0.15) is 5.26 Å². The quantitative estimate of drug-likeness (QED) is 0.237. The zero-order chi connectivity index (χ0) is 33.1. The second-order valence-electron chi connectivity index (χ2n) is 11.7. The minimum atomic E-state index is -1.06. The topological polar surface area (TPSA) is 134 Å². The van der Waals surface area contributed by atoms with Gasteiger partial charge in [-0.05, 0) is 53.4 Å². The Morgan fingerprint density at radius 3 is 2.62 bits per heavy atom. The SMILES string of the molecule is Cc1c(COc2cc(OCc3cncc(C#N)c3)c(CN3CC(O)[C@H](C)[C@H]3C(=O)O)cc2F)cccc1-c1ccc2c(c1)OCCO2. The van der Waals surface area contributed by atoms with Crippen molar-refractivity contribution in [3.63, 3.8) is 0 Å². The number of ether oxygens (including phenoxy) is 4. The number of aromatic nitrogens is 1. The van der Waals surface area contributed by atoms with Crippen molar-refractivity contribution in [3.8, 4) is 40.2 Å². The van der Waals surface area contributed by atoms with Crippen molar-refractivity contribution in [2.24, 2.45) is 5.92 Å². The van der Waals surface area contributed by atoms with Crippen molar-refractivity contribution in [2.45, 2.75) is 45.8 Å². The summed E-state index contributed by atoms with van der Waals surface area (Å²) in [4.78, 5) is 17.7. The monoisotopic (exact) mass is 639 g/mol. The van der Waals surface area contributed by atoms with Crippen molar-refractivity contribution >= 4 is 5.97 Å². The molecule has 2 N–H and O–H groups in total. The average molecular weight is 640 g/mol. The van der Waals surface area contributed by atoms with E-state index in [9.17, 15) is 20.3 Å². The Kier molecular flexibility index (Phi) is 9.24. The number of aliphatic carboxylic acids is 1. The van der Waals surface area contributed by atoms with Crippen LogP contribution in [0.1, 0.15) is 34.7 Å². The molecule has 0 radical (unpaired) electrons. The molecule has 1 saturated heterocycles. The highest BCUT2D eigenvalue weighted by atomic mass is 19.1. The molecular formula is C36H34FN3O7. The lowest BCUT2D eigenvalue weighted by Crippen LogP contribution is -2.38. The fraction of sp³-hybridized carbons (Fsp3) is 0.306. The van der Waals surface area contributed by atoms with Crippen LogP contribution in [0.5, 0.6) is 23.0 Å². The number of hydrogen-bond donors (Lipinski definition) is 2. The molecule has 242 valence electrons. The lowest BCUT2D eigenvalue weighted by molar-refractivity contribution is -0.143. The molecular weight excluding hydrogens is 605 g/mol. The molecule has 3 atom stereocenters. The van der Waals surface area contributed by atoms with E-state index in [1.54, 1.807) is 24.1 Å². The summed E-state index contributed by atoms with van der Waals surface area (Å²) in [6.45, 7) is 4.90. The Bertz CT molecular complexity index is 1840. The normalized spacial score (nSPS) is 18.8. The Hall–Kier alpha value is -5.18. The molecule has 2 aliphatic heterocycles. The van der Waals surface area contributed by atoms with E-state index in [0.29, 0.717) is 41.4 Å². The number of aliphatic hydroxyl groups is 1. The van der Waals surface area contributed by atoms with E-state index < -0.39 is 29.9 Å². The maximum atomic E-state index is 15.6. The van der Waals surface area contributed by atoms with Gasteiger partial charge < -0.3 is 29.2 Å². The van der Waals surface area contributed by atoms with E-state index in [1.165, 1.54) is 18.3 Å². The minimum Gasteiger partial charge on any atom is -0.488 e. The Labute approximate surface area is 271 Å². The molecule has 1 unspecified atom stereocenters. The van der Waals surface area contributed by atoms with Crippen LogP contribution in [-0.2, 0) is 24.6 Å². The van der Waals surface area contributed by atoms with E-state index in [2.05, 4.69) is 4.98 Å². The van der Waals surface area contributed by atoms with Crippen LogP contribution in [0.3, 0.4) is 0 Å².